The molecule has 4 heteroatoms. The molecule has 0 saturated carbocycles. The van der Waals surface area contributed by atoms with E-state index in [4.69, 9.17) is 5.73 Å². The second kappa shape index (κ2) is 4.39. The van der Waals surface area contributed by atoms with Crippen LogP contribution in [-0.4, -0.2) is 24.4 Å². The van der Waals surface area contributed by atoms with Gasteiger partial charge in [0.25, 0.3) is 0 Å². The van der Waals surface area contributed by atoms with Gasteiger partial charge < -0.3 is 10.6 Å². The SMILES string of the molecule is CCN(C)C(=O)C(N)c1cccs1. The highest BCUT2D eigenvalue weighted by Gasteiger charge is 2.19. The van der Waals surface area contributed by atoms with E-state index in [-0.39, 0.29) is 5.91 Å². The molecule has 2 N–H and O–H groups in total. The van der Waals surface area contributed by atoms with Crippen LogP contribution in [0.15, 0.2) is 17.5 Å². The highest BCUT2D eigenvalue weighted by molar-refractivity contribution is 7.10. The van der Waals surface area contributed by atoms with E-state index < -0.39 is 6.04 Å². The van der Waals surface area contributed by atoms with E-state index in [1.807, 2.05) is 24.4 Å². The van der Waals surface area contributed by atoms with Crippen LogP contribution in [0.25, 0.3) is 0 Å². The van der Waals surface area contributed by atoms with Gasteiger partial charge in [-0.15, -0.1) is 11.3 Å². The number of carbonyl (C=O) groups is 1. The molecular weight excluding hydrogens is 184 g/mol. The highest BCUT2D eigenvalue weighted by Crippen LogP contribution is 2.18. The van der Waals surface area contributed by atoms with Gasteiger partial charge >= 0.3 is 0 Å². The van der Waals surface area contributed by atoms with Crippen LogP contribution >= 0.6 is 11.3 Å². The molecule has 1 amide bonds. The third-order valence-corrected chi connectivity index (χ3v) is 2.92. The van der Waals surface area contributed by atoms with E-state index in [0.717, 1.165) is 4.88 Å². The van der Waals surface area contributed by atoms with E-state index in [1.165, 1.54) is 11.3 Å². The minimum Gasteiger partial charge on any atom is -0.344 e. The van der Waals surface area contributed by atoms with Gasteiger partial charge in [0.15, 0.2) is 0 Å². The lowest BCUT2D eigenvalue weighted by molar-refractivity contribution is -0.131. The molecule has 1 rings (SSSR count). The molecule has 1 aromatic heterocycles. The van der Waals surface area contributed by atoms with Crippen molar-refractivity contribution in [3.05, 3.63) is 22.4 Å². The number of hydrogen-bond donors (Lipinski definition) is 1. The first-order valence-corrected chi connectivity index (χ1v) is 5.08. The van der Waals surface area contributed by atoms with Crippen LogP contribution in [0.2, 0.25) is 0 Å². The number of thiophene rings is 1. The lowest BCUT2D eigenvalue weighted by atomic mass is 10.2. The Morgan fingerprint density at radius 1 is 1.77 bits per heavy atom. The molecule has 0 spiro atoms. The third-order valence-electron chi connectivity index (χ3n) is 1.97. The van der Waals surface area contributed by atoms with Crippen LogP contribution in [0.1, 0.15) is 17.8 Å². The van der Waals surface area contributed by atoms with Crippen molar-refractivity contribution >= 4 is 17.2 Å². The van der Waals surface area contributed by atoms with E-state index in [9.17, 15) is 4.79 Å². The second-order valence-electron chi connectivity index (χ2n) is 2.85. The zero-order valence-corrected chi connectivity index (χ0v) is 8.67. The Kier molecular flexibility index (Phi) is 3.45. The van der Waals surface area contributed by atoms with Crippen molar-refractivity contribution in [2.24, 2.45) is 5.73 Å². The molecule has 72 valence electrons. The Bertz CT molecular complexity index is 271. The first kappa shape index (κ1) is 10.2. The van der Waals surface area contributed by atoms with Crippen LogP contribution in [0.5, 0.6) is 0 Å². The molecule has 0 radical (unpaired) electrons. The fourth-order valence-electron chi connectivity index (χ4n) is 0.983. The maximum atomic E-state index is 11.6. The highest BCUT2D eigenvalue weighted by atomic mass is 32.1. The molecule has 1 atom stereocenters. The lowest BCUT2D eigenvalue weighted by Gasteiger charge is -2.18. The lowest BCUT2D eigenvalue weighted by Crippen LogP contribution is -2.35. The molecule has 0 fully saturated rings. The summed E-state index contributed by atoms with van der Waals surface area (Å²) >= 11 is 1.51. The van der Waals surface area contributed by atoms with Crippen molar-refractivity contribution in [1.29, 1.82) is 0 Å². The Morgan fingerprint density at radius 3 is 2.92 bits per heavy atom. The van der Waals surface area contributed by atoms with Crippen LogP contribution in [0.4, 0.5) is 0 Å². The number of nitrogens with zero attached hydrogens (tertiary/aromatic N) is 1. The van der Waals surface area contributed by atoms with Gasteiger partial charge in [0.2, 0.25) is 5.91 Å². The number of likely N-dealkylation sites (N-methyl/N-ethyl adjacent to an activating group) is 1. The van der Waals surface area contributed by atoms with E-state index >= 15 is 0 Å². The topological polar surface area (TPSA) is 46.3 Å². The molecule has 0 aliphatic rings. The van der Waals surface area contributed by atoms with Crippen molar-refractivity contribution in [3.63, 3.8) is 0 Å². The first-order chi connectivity index (χ1) is 6.16. The van der Waals surface area contributed by atoms with Gasteiger partial charge in [0.1, 0.15) is 6.04 Å². The summed E-state index contributed by atoms with van der Waals surface area (Å²) in [5.74, 6) is -0.0232. The van der Waals surface area contributed by atoms with Crippen LogP contribution in [-0.2, 0) is 4.79 Å². The van der Waals surface area contributed by atoms with Crippen molar-refractivity contribution in [3.8, 4) is 0 Å². The molecule has 0 aliphatic carbocycles. The number of carbonyl (C=O) groups excluding carboxylic acids is 1. The van der Waals surface area contributed by atoms with Crippen molar-refractivity contribution in [2.45, 2.75) is 13.0 Å². The molecular formula is C9H14N2OS. The fourth-order valence-corrected chi connectivity index (χ4v) is 1.70. The zero-order valence-electron chi connectivity index (χ0n) is 7.86. The Morgan fingerprint density at radius 2 is 2.46 bits per heavy atom. The summed E-state index contributed by atoms with van der Waals surface area (Å²) < 4.78 is 0. The molecule has 3 nitrogen and oxygen atoms in total. The molecule has 1 aromatic rings. The summed E-state index contributed by atoms with van der Waals surface area (Å²) in [6, 6.07) is 3.29. The summed E-state index contributed by atoms with van der Waals surface area (Å²) in [5.41, 5.74) is 5.78. The normalized spacial score (nSPS) is 12.5. The Labute approximate surface area is 82.2 Å². The molecule has 13 heavy (non-hydrogen) atoms. The van der Waals surface area contributed by atoms with E-state index in [1.54, 1.807) is 11.9 Å². The predicted octanol–water partition coefficient (Wildman–Crippen LogP) is 1.23. The monoisotopic (exact) mass is 198 g/mol. The molecule has 1 heterocycles. The molecule has 0 bridgehead atoms. The summed E-state index contributed by atoms with van der Waals surface area (Å²) in [5, 5.41) is 1.93. The average Bonchev–Trinajstić information content (AvgIpc) is 2.67. The van der Waals surface area contributed by atoms with Crippen LogP contribution in [0, 0.1) is 0 Å². The van der Waals surface area contributed by atoms with Crippen molar-refractivity contribution < 1.29 is 4.79 Å². The summed E-state index contributed by atoms with van der Waals surface area (Å²) in [4.78, 5) is 14.1. The number of hydrogen-bond acceptors (Lipinski definition) is 3. The van der Waals surface area contributed by atoms with Gasteiger partial charge in [-0.2, -0.15) is 0 Å². The third kappa shape index (κ3) is 2.29. The second-order valence-corrected chi connectivity index (χ2v) is 3.82. The van der Waals surface area contributed by atoms with Crippen LogP contribution in [0.3, 0.4) is 0 Å². The molecule has 1 unspecified atom stereocenters. The van der Waals surface area contributed by atoms with Gasteiger partial charge in [-0.05, 0) is 18.4 Å². The summed E-state index contributed by atoms with van der Waals surface area (Å²) in [6.45, 7) is 2.62. The van der Waals surface area contributed by atoms with E-state index in [2.05, 4.69) is 0 Å². The fraction of sp³-hybridized carbons (Fsp3) is 0.444. The molecule has 0 aliphatic heterocycles. The number of rotatable bonds is 3. The minimum absolute atomic E-state index is 0.0232. The number of amides is 1. The van der Waals surface area contributed by atoms with Gasteiger partial charge in [-0.3, -0.25) is 4.79 Å². The molecule has 0 aromatic carbocycles. The maximum absolute atomic E-state index is 11.6. The smallest absolute Gasteiger partial charge is 0.244 e. The minimum atomic E-state index is -0.495. The van der Waals surface area contributed by atoms with Gasteiger partial charge in [-0.25, -0.2) is 0 Å². The van der Waals surface area contributed by atoms with Crippen molar-refractivity contribution in [2.75, 3.05) is 13.6 Å². The Hall–Kier alpha value is -0.870. The summed E-state index contributed by atoms with van der Waals surface area (Å²) in [7, 11) is 1.76. The molecule has 0 saturated heterocycles. The zero-order chi connectivity index (χ0) is 9.84. The van der Waals surface area contributed by atoms with Gasteiger partial charge in [-0.1, -0.05) is 6.07 Å². The van der Waals surface area contributed by atoms with Crippen molar-refractivity contribution in [1.82, 2.24) is 4.90 Å². The Balaban J connectivity index is 2.68. The van der Waals surface area contributed by atoms with Gasteiger partial charge in [0, 0.05) is 18.5 Å². The average molecular weight is 198 g/mol. The van der Waals surface area contributed by atoms with E-state index in [0.29, 0.717) is 6.54 Å². The quantitative estimate of drug-likeness (QED) is 0.794. The largest absolute Gasteiger partial charge is 0.344 e. The van der Waals surface area contributed by atoms with Crippen LogP contribution < -0.4 is 5.73 Å². The number of nitrogens with two attached hydrogens (primary N) is 1. The van der Waals surface area contributed by atoms with Gasteiger partial charge in [0.05, 0.1) is 0 Å². The first-order valence-electron chi connectivity index (χ1n) is 4.20. The predicted molar refractivity (Wildman–Crippen MR) is 54.6 cm³/mol. The maximum Gasteiger partial charge on any atom is 0.244 e. The standard InChI is InChI=1S/C9H14N2OS/c1-3-11(2)9(12)8(10)7-5-4-6-13-7/h4-6,8H,3,10H2,1-2H3. The summed E-state index contributed by atoms with van der Waals surface area (Å²) in [6.07, 6.45) is 0.